The molecule has 1 saturated heterocycles. The standard InChI is InChI=1S/C33H42N8O4/c1-33(2,3)45-32(43)40(16-22-7-6-8-22)18-23-10-11-30-35-24(19-39(30)17-23)20-41-21-29(37-38-41)26-13-25(42)14-28(27(26)15-34)36-31-9-4-5-12-44-31/h10-11,13-15,17,19,21-22,31,34,36,42H,4-9,12,16,18,20H2,1-3H3. The number of imidazole rings is 1. The summed E-state index contributed by atoms with van der Waals surface area (Å²) in [5, 5.41) is 30.6. The van der Waals surface area contributed by atoms with Crippen LogP contribution in [0.5, 0.6) is 5.75 Å². The highest BCUT2D eigenvalue weighted by Crippen LogP contribution is 2.33. The molecule has 12 nitrogen and oxygen atoms in total. The number of phenolic OH excluding ortho intramolecular Hbond substituents is 1. The van der Waals surface area contributed by atoms with Gasteiger partial charge in [0.05, 0.1) is 25.0 Å². The number of pyridine rings is 1. The number of nitrogens with one attached hydrogen (secondary N) is 2. The smallest absolute Gasteiger partial charge is 0.410 e. The number of hydrogen-bond donors (Lipinski definition) is 3. The van der Waals surface area contributed by atoms with Crippen molar-refractivity contribution in [3.8, 4) is 17.0 Å². The Morgan fingerprint density at radius 2 is 2.02 bits per heavy atom. The van der Waals surface area contributed by atoms with Gasteiger partial charge in [0, 0.05) is 54.6 Å². The van der Waals surface area contributed by atoms with E-state index in [0.29, 0.717) is 54.7 Å². The molecule has 1 aliphatic heterocycles. The van der Waals surface area contributed by atoms with Gasteiger partial charge >= 0.3 is 6.09 Å². The van der Waals surface area contributed by atoms with Crippen LogP contribution >= 0.6 is 0 Å². The summed E-state index contributed by atoms with van der Waals surface area (Å²) < 4.78 is 15.2. The van der Waals surface area contributed by atoms with E-state index >= 15 is 0 Å². The average Bonchev–Trinajstić information content (AvgIpc) is 3.60. The first-order valence-electron chi connectivity index (χ1n) is 15.7. The molecule has 4 heterocycles. The van der Waals surface area contributed by atoms with Gasteiger partial charge in [0.25, 0.3) is 0 Å². The van der Waals surface area contributed by atoms with E-state index in [0.717, 1.165) is 49.0 Å². The summed E-state index contributed by atoms with van der Waals surface area (Å²) >= 11 is 0. The van der Waals surface area contributed by atoms with Crippen molar-refractivity contribution >= 4 is 23.6 Å². The number of aromatic hydroxyl groups is 1. The molecule has 0 radical (unpaired) electrons. The highest BCUT2D eigenvalue weighted by Gasteiger charge is 2.27. The lowest BCUT2D eigenvalue weighted by molar-refractivity contribution is 0.0173. The molecule has 45 heavy (non-hydrogen) atoms. The van der Waals surface area contributed by atoms with E-state index in [9.17, 15) is 9.90 Å². The number of benzene rings is 1. The van der Waals surface area contributed by atoms with Gasteiger partial charge in [0.2, 0.25) is 0 Å². The zero-order valence-corrected chi connectivity index (χ0v) is 26.2. The second-order valence-corrected chi connectivity index (χ2v) is 13.1. The van der Waals surface area contributed by atoms with Crippen LogP contribution in [-0.4, -0.2) is 71.7 Å². The monoisotopic (exact) mass is 614 g/mol. The predicted octanol–water partition coefficient (Wildman–Crippen LogP) is 5.82. The molecular weight excluding hydrogens is 572 g/mol. The lowest BCUT2D eigenvalue weighted by Gasteiger charge is -2.33. The zero-order chi connectivity index (χ0) is 31.6. The molecule has 6 rings (SSSR count). The molecule has 12 heteroatoms. The first-order chi connectivity index (χ1) is 21.6. The molecule has 4 aromatic rings. The first-order valence-corrected chi connectivity index (χ1v) is 15.7. The summed E-state index contributed by atoms with van der Waals surface area (Å²) in [6.45, 7) is 7.90. The third kappa shape index (κ3) is 7.44. The number of hydrogen-bond acceptors (Lipinski definition) is 9. The van der Waals surface area contributed by atoms with Crippen LogP contribution in [0.2, 0.25) is 0 Å². The van der Waals surface area contributed by atoms with Crippen molar-refractivity contribution in [2.24, 2.45) is 5.92 Å². The number of ether oxygens (including phenoxy) is 2. The number of carbonyl (C=O) groups excluding carboxylic acids is 1. The minimum Gasteiger partial charge on any atom is -0.508 e. The Labute approximate surface area is 262 Å². The Kier molecular flexibility index (Phi) is 8.75. The molecule has 2 fully saturated rings. The average molecular weight is 615 g/mol. The molecule has 238 valence electrons. The Morgan fingerprint density at radius 3 is 2.73 bits per heavy atom. The van der Waals surface area contributed by atoms with Crippen LogP contribution in [0.1, 0.15) is 76.1 Å². The molecule has 2 aliphatic rings. The third-order valence-corrected chi connectivity index (χ3v) is 8.23. The Bertz CT molecular complexity index is 1660. The van der Waals surface area contributed by atoms with Crippen molar-refractivity contribution in [1.82, 2.24) is 29.3 Å². The van der Waals surface area contributed by atoms with Gasteiger partial charge < -0.3 is 34.6 Å². The van der Waals surface area contributed by atoms with Gasteiger partial charge in [0.1, 0.15) is 28.9 Å². The third-order valence-electron chi connectivity index (χ3n) is 8.23. The number of amides is 1. The van der Waals surface area contributed by atoms with E-state index in [1.807, 2.05) is 54.6 Å². The van der Waals surface area contributed by atoms with E-state index in [1.165, 1.54) is 12.6 Å². The van der Waals surface area contributed by atoms with Crippen LogP contribution in [-0.2, 0) is 22.6 Å². The SMILES string of the molecule is CC(C)(C)OC(=O)N(Cc1ccc2nc(Cn3cc(-c4cc(O)cc(NC5CCCCO5)c4C=N)nn3)cn2c1)CC1CCC1. The number of phenols is 1. The maximum atomic E-state index is 13.0. The van der Waals surface area contributed by atoms with Gasteiger partial charge in [-0.05, 0) is 76.5 Å². The number of aromatic nitrogens is 5. The fraction of sp³-hybridized carbons (Fsp3) is 0.485. The molecule has 0 bridgehead atoms. The summed E-state index contributed by atoms with van der Waals surface area (Å²) in [4.78, 5) is 19.6. The van der Waals surface area contributed by atoms with Gasteiger partial charge in [-0.1, -0.05) is 17.7 Å². The lowest BCUT2D eigenvalue weighted by Crippen LogP contribution is -2.40. The summed E-state index contributed by atoms with van der Waals surface area (Å²) in [5.74, 6) is 0.592. The van der Waals surface area contributed by atoms with Crippen molar-refractivity contribution in [1.29, 1.82) is 5.41 Å². The van der Waals surface area contributed by atoms with Crippen LogP contribution < -0.4 is 5.32 Å². The van der Waals surface area contributed by atoms with E-state index in [4.69, 9.17) is 19.9 Å². The molecule has 0 spiro atoms. The number of nitrogens with zero attached hydrogens (tertiary/aromatic N) is 6. The molecule has 1 aromatic carbocycles. The number of fused-ring (bicyclic) bond motifs is 1. The van der Waals surface area contributed by atoms with Crippen molar-refractivity contribution in [3.63, 3.8) is 0 Å². The van der Waals surface area contributed by atoms with Gasteiger partial charge in [-0.3, -0.25) is 0 Å². The summed E-state index contributed by atoms with van der Waals surface area (Å²) in [6, 6.07) is 7.16. The number of rotatable bonds is 10. The largest absolute Gasteiger partial charge is 0.508 e. The van der Waals surface area contributed by atoms with Gasteiger partial charge in [0.15, 0.2) is 0 Å². The van der Waals surface area contributed by atoms with E-state index < -0.39 is 5.60 Å². The topological polar surface area (TPSA) is 143 Å². The second-order valence-electron chi connectivity index (χ2n) is 13.1. The molecule has 3 N–H and O–H groups in total. The molecule has 1 unspecified atom stereocenters. The van der Waals surface area contributed by atoms with Crippen LogP contribution in [0.15, 0.2) is 42.9 Å². The van der Waals surface area contributed by atoms with Crippen LogP contribution in [0.25, 0.3) is 16.9 Å². The Hall–Kier alpha value is -4.45. The van der Waals surface area contributed by atoms with Crippen LogP contribution in [0.3, 0.4) is 0 Å². The molecular formula is C33H42N8O4. The van der Waals surface area contributed by atoms with E-state index in [2.05, 4.69) is 15.6 Å². The van der Waals surface area contributed by atoms with Crippen molar-refractivity contribution in [2.75, 3.05) is 18.5 Å². The van der Waals surface area contributed by atoms with Crippen molar-refractivity contribution in [2.45, 2.75) is 84.2 Å². The first kappa shape index (κ1) is 30.6. The molecule has 1 atom stereocenters. The molecule has 1 amide bonds. The van der Waals surface area contributed by atoms with Crippen molar-refractivity contribution < 1.29 is 19.4 Å². The quantitative estimate of drug-likeness (QED) is 0.190. The van der Waals surface area contributed by atoms with Gasteiger partial charge in [-0.2, -0.15) is 0 Å². The summed E-state index contributed by atoms with van der Waals surface area (Å²) in [7, 11) is 0. The minimum absolute atomic E-state index is 0.0672. The maximum Gasteiger partial charge on any atom is 0.410 e. The molecule has 1 aliphatic carbocycles. The van der Waals surface area contributed by atoms with Crippen molar-refractivity contribution in [3.05, 3.63) is 59.7 Å². The summed E-state index contributed by atoms with van der Waals surface area (Å²) in [6.07, 6.45) is 13.0. The van der Waals surface area contributed by atoms with E-state index in [-0.39, 0.29) is 18.1 Å². The van der Waals surface area contributed by atoms with Gasteiger partial charge in [-0.15, -0.1) is 5.10 Å². The number of carbonyl (C=O) groups is 1. The second kappa shape index (κ2) is 12.9. The minimum atomic E-state index is -0.551. The fourth-order valence-corrected chi connectivity index (χ4v) is 5.82. The zero-order valence-electron chi connectivity index (χ0n) is 26.2. The molecule has 1 saturated carbocycles. The number of anilines is 1. The Morgan fingerprint density at radius 1 is 1.18 bits per heavy atom. The highest BCUT2D eigenvalue weighted by molar-refractivity contribution is 5.95. The highest BCUT2D eigenvalue weighted by atomic mass is 16.6. The summed E-state index contributed by atoms with van der Waals surface area (Å²) in [5.41, 5.74) is 4.39. The fourth-order valence-electron chi connectivity index (χ4n) is 5.82. The normalized spacial score (nSPS) is 17.2. The molecule has 3 aromatic heterocycles. The van der Waals surface area contributed by atoms with Crippen LogP contribution in [0, 0.1) is 11.3 Å². The van der Waals surface area contributed by atoms with Gasteiger partial charge in [-0.25, -0.2) is 14.5 Å². The Balaban J connectivity index is 1.17. The maximum absolute atomic E-state index is 13.0. The van der Waals surface area contributed by atoms with Crippen LogP contribution in [0.4, 0.5) is 10.5 Å². The van der Waals surface area contributed by atoms with E-state index in [1.54, 1.807) is 23.0 Å². The lowest BCUT2D eigenvalue weighted by atomic mass is 9.85. The predicted molar refractivity (Wildman–Crippen MR) is 171 cm³/mol.